The van der Waals surface area contributed by atoms with Gasteiger partial charge in [0.2, 0.25) is 0 Å². The van der Waals surface area contributed by atoms with Gasteiger partial charge in [-0.25, -0.2) is 0 Å². The van der Waals surface area contributed by atoms with Crippen LogP contribution < -0.4 is 0 Å². The highest BCUT2D eigenvalue weighted by atomic mass is 35.5. The molecule has 0 amide bonds. The quantitative estimate of drug-likeness (QED) is 0.619. The largest absolute Gasteiger partial charge is 0.468 e. The average Bonchev–Trinajstić information content (AvgIpc) is 2.70. The van der Waals surface area contributed by atoms with Crippen molar-refractivity contribution < 1.29 is 14.3 Å². The summed E-state index contributed by atoms with van der Waals surface area (Å²) >= 11 is 11.9. The molecule has 0 aromatic heterocycles. The first-order valence-corrected chi connectivity index (χ1v) is 6.36. The van der Waals surface area contributed by atoms with Gasteiger partial charge in [-0.1, -0.05) is 29.3 Å². The van der Waals surface area contributed by atoms with Gasteiger partial charge in [-0.05, 0) is 30.5 Å². The molecular formula is C13H12Cl2O3. The van der Waals surface area contributed by atoms with Gasteiger partial charge in [0.25, 0.3) is 0 Å². The Kier molecular flexibility index (Phi) is 3.93. The van der Waals surface area contributed by atoms with Gasteiger partial charge in [-0.2, -0.15) is 0 Å². The summed E-state index contributed by atoms with van der Waals surface area (Å²) in [5, 5.41) is 0.991. The third-order valence-corrected chi connectivity index (χ3v) is 3.82. The van der Waals surface area contributed by atoms with Crippen molar-refractivity contribution in [3.63, 3.8) is 0 Å². The molecule has 18 heavy (non-hydrogen) atoms. The normalized spacial score (nSPS) is 23.2. The van der Waals surface area contributed by atoms with E-state index >= 15 is 0 Å². The zero-order valence-electron chi connectivity index (χ0n) is 9.78. The van der Waals surface area contributed by atoms with Crippen LogP contribution in [0.15, 0.2) is 18.2 Å². The van der Waals surface area contributed by atoms with Crippen molar-refractivity contribution in [1.29, 1.82) is 0 Å². The minimum Gasteiger partial charge on any atom is -0.468 e. The predicted octanol–water partition coefficient (Wildman–Crippen LogP) is 3.23. The Hall–Kier alpha value is -1.06. The maximum Gasteiger partial charge on any atom is 0.316 e. The van der Waals surface area contributed by atoms with Crippen molar-refractivity contribution in [2.45, 2.75) is 18.8 Å². The fourth-order valence-corrected chi connectivity index (χ4v) is 2.87. The van der Waals surface area contributed by atoms with E-state index in [-0.39, 0.29) is 11.7 Å². The Morgan fingerprint density at radius 3 is 2.67 bits per heavy atom. The maximum atomic E-state index is 12.2. The zero-order valence-corrected chi connectivity index (χ0v) is 11.3. The number of hydrogen-bond donors (Lipinski definition) is 0. The Morgan fingerprint density at radius 2 is 2.06 bits per heavy atom. The Morgan fingerprint density at radius 1 is 1.33 bits per heavy atom. The van der Waals surface area contributed by atoms with Gasteiger partial charge < -0.3 is 4.74 Å². The lowest BCUT2D eigenvalue weighted by Gasteiger charge is -2.11. The van der Waals surface area contributed by atoms with E-state index in [1.807, 2.05) is 0 Å². The summed E-state index contributed by atoms with van der Waals surface area (Å²) in [7, 11) is 1.29. The molecule has 1 saturated carbocycles. The minimum atomic E-state index is -0.660. The molecule has 1 fully saturated rings. The molecule has 0 spiro atoms. The van der Waals surface area contributed by atoms with Crippen molar-refractivity contribution >= 4 is 35.0 Å². The fraction of sp³-hybridized carbons (Fsp3) is 0.385. The standard InChI is InChI=1S/C13H12Cl2O3/c1-18-13(17)10-5-4-9(12(10)16)8-3-2-7(14)6-11(8)15/h2-3,6,9-10H,4-5H2,1H3. The van der Waals surface area contributed by atoms with Gasteiger partial charge >= 0.3 is 5.97 Å². The number of hydrogen-bond acceptors (Lipinski definition) is 3. The third-order valence-electron chi connectivity index (χ3n) is 3.25. The number of benzene rings is 1. The molecule has 1 aromatic carbocycles. The van der Waals surface area contributed by atoms with Crippen LogP contribution in [0.2, 0.25) is 10.0 Å². The molecule has 0 bridgehead atoms. The van der Waals surface area contributed by atoms with Crippen LogP contribution in [0.4, 0.5) is 0 Å². The first-order chi connectivity index (χ1) is 8.54. The van der Waals surface area contributed by atoms with Crippen molar-refractivity contribution in [2.75, 3.05) is 7.11 Å². The number of esters is 1. The Labute approximate surface area is 115 Å². The number of ether oxygens (including phenoxy) is 1. The third kappa shape index (κ3) is 2.38. The molecule has 2 atom stereocenters. The topological polar surface area (TPSA) is 43.4 Å². The highest BCUT2D eigenvalue weighted by molar-refractivity contribution is 6.35. The van der Waals surface area contributed by atoms with Crippen LogP contribution in [-0.2, 0) is 14.3 Å². The second-order valence-corrected chi connectivity index (χ2v) is 5.12. The van der Waals surface area contributed by atoms with E-state index in [4.69, 9.17) is 23.2 Å². The van der Waals surface area contributed by atoms with Crippen LogP contribution in [0.25, 0.3) is 0 Å². The molecule has 96 valence electrons. The molecular weight excluding hydrogens is 275 g/mol. The molecule has 0 heterocycles. The highest BCUT2D eigenvalue weighted by Crippen LogP contribution is 2.39. The minimum absolute atomic E-state index is 0.119. The van der Waals surface area contributed by atoms with E-state index < -0.39 is 11.9 Å². The van der Waals surface area contributed by atoms with Gasteiger partial charge in [0.05, 0.1) is 7.11 Å². The zero-order chi connectivity index (χ0) is 13.3. The van der Waals surface area contributed by atoms with E-state index in [0.29, 0.717) is 22.9 Å². The number of Topliss-reactive ketones (excluding diaryl/α,β-unsaturated/α-hetero) is 1. The molecule has 2 unspecified atom stereocenters. The van der Waals surface area contributed by atoms with Crippen molar-refractivity contribution in [2.24, 2.45) is 5.92 Å². The molecule has 1 aliphatic rings. The van der Waals surface area contributed by atoms with Crippen molar-refractivity contribution in [1.82, 2.24) is 0 Å². The van der Waals surface area contributed by atoms with E-state index in [1.54, 1.807) is 18.2 Å². The summed E-state index contributed by atoms with van der Waals surface area (Å²) in [5.74, 6) is -1.58. The second kappa shape index (κ2) is 5.29. The summed E-state index contributed by atoms with van der Waals surface area (Å²) in [6.07, 6.45) is 1.12. The number of carbonyl (C=O) groups is 2. The molecule has 3 nitrogen and oxygen atoms in total. The first kappa shape index (κ1) is 13.4. The number of methoxy groups -OCH3 is 1. The predicted molar refractivity (Wildman–Crippen MR) is 69.0 cm³/mol. The van der Waals surface area contributed by atoms with Gasteiger partial charge in [0.15, 0.2) is 5.78 Å². The van der Waals surface area contributed by atoms with Crippen LogP contribution in [0, 0.1) is 5.92 Å². The van der Waals surface area contributed by atoms with E-state index in [1.165, 1.54) is 7.11 Å². The lowest BCUT2D eigenvalue weighted by molar-refractivity contribution is -0.148. The van der Waals surface area contributed by atoms with Crippen molar-refractivity contribution in [3.8, 4) is 0 Å². The van der Waals surface area contributed by atoms with Gasteiger partial charge in [-0.3, -0.25) is 9.59 Å². The molecule has 1 aliphatic carbocycles. The Balaban J connectivity index is 2.26. The van der Waals surface area contributed by atoms with Crippen LogP contribution >= 0.6 is 23.2 Å². The SMILES string of the molecule is COC(=O)C1CCC(c2ccc(Cl)cc2Cl)C1=O. The summed E-state index contributed by atoms with van der Waals surface area (Å²) in [6, 6.07) is 5.05. The number of ketones is 1. The number of rotatable bonds is 2. The average molecular weight is 287 g/mol. The van der Waals surface area contributed by atoms with E-state index in [0.717, 1.165) is 5.56 Å². The van der Waals surface area contributed by atoms with Crippen LogP contribution in [0.1, 0.15) is 24.3 Å². The molecule has 5 heteroatoms. The van der Waals surface area contributed by atoms with Gasteiger partial charge in [-0.15, -0.1) is 0 Å². The van der Waals surface area contributed by atoms with Crippen LogP contribution in [0.5, 0.6) is 0 Å². The molecule has 1 aromatic rings. The van der Waals surface area contributed by atoms with Crippen LogP contribution in [0.3, 0.4) is 0 Å². The van der Waals surface area contributed by atoms with Crippen LogP contribution in [-0.4, -0.2) is 18.9 Å². The molecule has 0 saturated heterocycles. The summed E-state index contributed by atoms with van der Waals surface area (Å²) in [4.78, 5) is 23.6. The Bertz CT molecular complexity index is 499. The van der Waals surface area contributed by atoms with Gasteiger partial charge in [0.1, 0.15) is 5.92 Å². The highest BCUT2D eigenvalue weighted by Gasteiger charge is 2.40. The molecule has 0 N–H and O–H groups in total. The second-order valence-electron chi connectivity index (χ2n) is 4.27. The van der Waals surface area contributed by atoms with Gasteiger partial charge in [0, 0.05) is 16.0 Å². The lowest BCUT2D eigenvalue weighted by atomic mass is 9.95. The van der Waals surface area contributed by atoms with Crippen molar-refractivity contribution in [3.05, 3.63) is 33.8 Å². The summed E-state index contributed by atoms with van der Waals surface area (Å²) < 4.78 is 4.62. The monoisotopic (exact) mass is 286 g/mol. The maximum absolute atomic E-state index is 12.2. The molecule has 2 rings (SSSR count). The number of carbonyl (C=O) groups excluding carboxylic acids is 2. The molecule has 0 radical (unpaired) electrons. The smallest absolute Gasteiger partial charge is 0.316 e. The molecule has 0 aliphatic heterocycles. The lowest BCUT2D eigenvalue weighted by Crippen LogP contribution is -2.22. The number of halogens is 2. The van der Waals surface area contributed by atoms with E-state index in [9.17, 15) is 9.59 Å². The fourth-order valence-electron chi connectivity index (χ4n) is 2.33. The summed E-state index contributed by atoms with van der Waals surface area (Å²) in [5.41, 5.74) is 0.734. The van der Waals surface area contributed by atoms with E-state index in [2.05, 4.69) is 4.74 Å². The summed E-state index contributed by atoms with van der Waals surface area (Å²) in [6.45, 7) is 0. The first-order valence-electron chi connectivity index (χ1n) is 5.61.